The normalized spacial score (nSPS) is 13.4. The highest BCUT2D eigenvalue weighted by Gasteiger charge is 2.24. The topological polar surface area (TPSA) is 80.5 Å². The first-order chi connectivity index (χ1) is 8.58. The third-order valence-electron chi connectivity index (χ3n) is 2.26. The van der Waals surface area contributed by atoms with E-state index in [2.05, 4.69) is 11.8 Å². The van der Waals surface area contributed by atoms with Crippen LogP contribution < -0.4 is 10.6 Å². The van der Waals surface area contributed by atoms with E-state index in [1.165, 1.54) is 12.2 Å². The van der Waals surface area contributed by atoms with Gasteiger partial charge in [-0.3, -0.25) is 14.4 Å². The maximum absolute atomic E-state index is 11.4. The average molecular weight is 240 g/mol. The number of hydrogen-bond acceptors (Lipinski definition) is 3. The second-order valence-corrected chi connectivity index (χ2v) is 3.51. The Morgan fingerprint density at radius 2 is 1.61 bits per heavy atom. The minimum Gasteiger partial charge on any atom is -0.359 e. The van der Waals surface area contributed by atoms with Gasteiger partial charge in [0.05, 0.1) is 5.69 Å². The molecule has 1 aromatic carbocycles. The fourth-order valence-corrected chi connectivity index (χ4v) is 1.48. The van der Waals surface area contributed by atoms with Gasteiger partial charge in [0, 0.05) is 17.7 Å². The third kappa shape index (κ3) is 2.28. The number of hydrogen-bond donors (Lipinski definition) is 1. The first kappa shape index (κ1) is 11.6. The van der Waals surface area contributed by atoms with Crippen LogP contribution in [0.2, 0.25) is 0 Å². The molecule has 0 saturated heterocycles. The number of carbonyl (C=O) groups excluding carboxylic acids is 3. The molecule has 88 valence electrons. The van der Waals surface area contributed by atoms with Crippen molar-refractivity contribution in [3.63, 3.8) is 0 Å². The molecule has 0 aliphatic carbocycles. The molecule has 1 aromatic rings. The van der Waals surface area contributed by atoms with E-state index in [-0.39, 0.29) is 11.8 Å². The van der Waals surface area contributed by atoms with E-state index in [0.717, 1.165) is 4.90 Å². The number of imide groups is 1. The maximum atomic E-state index is 11.4. The number of primary amides is 1. The Balaban J connectivity index is 2.24. The van der Waals surface area contributed by atoms with Crippen LogP contribution in [0.3, 0.4) is 0 Å². The molecule has 2 N–H and O–H groups in total. The van der Waals surface area contributed by atoms with E-state index in [4.69, 9.17) is 5.73 Å². The molecule has 1 aliphatic heterocycles. The summed E-state index contributed by atoms with van der Waals surface area (Å²) < 4.78 is 0. The van der Waals surface area contributed by atoms with Crippen LogP contribution in [-0.2, 0) is 14.4 Å². The van der Waals surface area contributed by atoms with E-state index in [1.54, 1.807) is 24.3 Å². The van der Waals surface area contributed by atoms with Gasteiger partial charge in [-0.05, 0) is 30.2 Å². The first-order valence-electron chi connectivity index (χ1n) is 5.05. The summed E-state index contributed by atoms with van der Waals surface area (Å²) in [5.41, 5.74) is 5.92. The number of nitrogens with zero attached hydrogens (tertiary/aromatic N) is 1. The fraction of sp³-hybridized carbons (Fsp3) is 0. The summed E-state index contributed by atoms with van der Waals surface area (Å²) in [5, 5.41) is 0. The van der Waals surface area contributed by atoms with Crippen LogP contribution in [0.1, 0.15) is 5.56 Å². The quantitative estimate of drug-likeness (QED) is 0.552. The van der Waals surface area contributed by atoms with Crippen molar-refractivity contribution < 1.29 is 14.4 Å². The lowest BCUT2D eigenvalue weighted by molar-refractivity contribution is -0.120. The molecule has 1 aliphatic rings. The minimum absolute atomic E-state index is 0.379. The van der Waals surface area contributed by atoms with Crippen LogP contribution in [0.25, 0.3) is 0 Å². The maximum Gasteiger partial charge on any atom is 0.293 e. The van der Waals surface area contributed by atoms with Gasteiger partial charge in [-0.25, -0.2) is 4.90 Å². The summed E-state index contributed by atoms with van der Waals surface area (Å²) in [6.45, 7) is 0. The van der Waals surface area contributed by atoms with Gasteiger partial charge in [-0.2, -0.15) is 0 Å². The van der Waals surface area contributed by atoms with Crippen LogP contribution >= 0.6 is 0 Å². The molecular formula is C13H8N2O3. The highest BCUT2D eigenvalue weighted by molar-refractivity contribution is 6.28. The standard InChI is InChI=1S/C13H8N2O3/c14-11(16)6-3-9-1-4-10(5-2-9)15-12(17)7-8-13(15)18/h1-2,4-5,7-8H,(H2,14,16). The summed E-state index contributed by atoms with van der Waals surface area (Å²) in [6, 6.07) is 6.36. The van der Waals surface area contributed by atoms with Gasteiger partial charge < -0.3 is 5.73 Å². The Labute approximate surface area is 103 Å². The molecule has 0 atom stereocenters. The lowest BCUT2D eigenvalue weighted by atomic mass is 10.2. The molecule has 18 heavy (non-hydrogen) atoms. The molecule has 0 unspecified atom stereocenters. The summed E-state index contributed by atoms with van der Waals surface area (Å²) >= 11 is 0. The van der Waals surface area contributed by atoms with Crippen molar-refractivity contribution in [2.75, 3.05) is 4.90 Å². The van der Waals surface area contributed by atoms with Crippen molar-refractivity contribution in [3.8, 4) is 11.8 Å². The number of amides is 3. The highest BCUT2D eigenvalue weighted by atomic mass is 16.2. The lowest BCUT2D eigenvalue weighted by Gasteiger charge is -2.13. The zero-order valence-corrected chi connectivity index (χ0v) is 9.21. The van der Waals surface area contributed by atoms with Crippen LogP contribution in [0.5, 0.6) is 0 Å². The SMILES string of the molecule is NC(=O)C#Cc1ccc(N2C(=O)C=CC2=O)cc1. The van der Waals surface area contributed by atoms with Gasteiger partial charge in [0.2, 0.25) is 0 Å². The molecule has 2 rings (SSSR count). The van der Waals surface area contributed by atoms with Crippen molar-refractivity contribution in [3.05, 3.63) is 42.0 Å². The molecule has 3 amide bonds. The largest absolute Gasteiger partial charge is 0.359 e. The molecular weight excluding hydrogens is 232 g/mol. The number of benzene rings is 1. The molecule has 5 nitrogen and oxygen atoms in total. The van der Waals surface area contributed by atoms with Gasteiger partial charge in [0.1, 0.15) is 0 Å². The Hall–Kier alpha value is -2.87. The van der Waals surface area contributed by atoms with E-state index in [0.29, 0.717) is 11.3 Å². The summed E-state index contributed by atoms with van der Waals surface area (Å²) in [4.78, 5) is 34.4. The molecule has 0 fully saturated rings. The second kappa shape index (κ2) is 4.55. The van der Waals surface area contributed by atoms with Crippen LogP contribution in [0.15, 0.2) is 36.4 Å². The predicted molar refractivity (Wildman–Crippen MR) is 64.1 cm³/mol. The van der Waals surface area contributed by atoms with Gasteiger partial charge in [-0.1, -0.05) is 5.92 Å². The number of anilines is 1. The van der Waals surface area contributed by atoms with E-state index < -0.39 is 5.91 Å². The number of carbonyl (C=O) groups is 3. The molecule has 5 heteroatoms. The van der Waals surface area contributed by atoms with Gasteiger partial charge in [0.15, 0.2) is 0 Å². The van der Waals surface area contributed by atoms with Crippen molar-refractivity contribution in [1.29, 1.82) is 0 Å². The van der Waals surface area contributed by atoms with Crippen LogP contribution in [-0.4, -0.2) is 17.7 Å². The Kier molecular flexibility index (Phi) is 2.94. The summed E-state index contributed by atoms with van der Waals surface area (Å²) in [7, 11) is 0. The minimum atomic E-state index is -0.715. The Bertz CT molecular complexity index is 600. The van der Waals surface area contributed by atoms with Crippen LogP contribution in [0.4, 0.5) is 5.69 Å². The fourth-order valence-electron chi connectivity index (χ4n) is 1.48. The Morgan fingerprint density at radius 3 is 2.11 bits per heavy atom. The van der Waals surface area contributed by atoms with E-state index in [9.17, 15) is 14.4 Å². The van der Waals surface area contributed by atoms with Crippen LogP contribution in [0, 0.1) is 11.8 Å². The zero-order valence-electron chi connectivity index (χ0n) is 9.21. The molecule has 0 spiro atoms. The second-order valence-electron chi connectivity index (χ2n) is 3.51. The first-order valence-corrected chi connectivity index (χ1v) is 5.05. The number of rotatable bonds is 1. The molecule has 0 saturated carbocycles. The smallest absolute Gasteiger partial charge is 0.293 e. The monoisotopic (exact) mass is 240 g/mol. The molecule has 1 heterocycles. The van der Waals surface area contributed by atoms with Gasteiger partial charge >= 0.3 is 0 Å². The average Bonchev–Trinajstić information content (AvgIpc) is 2.67. The molecule has 0 bridgehead atoms. The summed E-state index contributed by atoms with van der Waals surface area (Å²) in [5.74, 6) is 3.28. The third-order valence-corrected chi connectivity index (χ3v) is 2.26. The van der Waals surface area contributed by atoms with Crippen molar-refractivity contribution in [1.82, 2.24) is 0 Å². The van der Waals surface area contributed by atoms with E-state index >= 15 is 0 Å². The Morgan fingerprint density at radius 1 is 1.06 bits per heavy atom. The van der Waals surface area contributed by atoms with Crippen molar-refractivity contribution in [2.45, 2.75) is 0 Å². The molecule has 0 radical (unpaired) electrons. The predicted octanol–water partition coefficient (Wildman–Crippen LogP) is -0.0472. The molecule has 0 aromatic heterocycles. The number of nitrogens with two attached hydrogens (primary N) is 1. The zero-order chi connectivity index (χ0) is 13.1. The van der Waals surface area contributed by atoms with E-state index in [1.807, 2.05) is 0 Å². The highest BCUT2D eigenvalue weighted by Crippen LogP contribution is 2.19. The summed E-state index contributed by atoms with van der Waals surface area (Å²) in [6.07, 6.45) is 2.42. The lowest BCUT2D eigenvalue weighted by Crippen LogP contribution is -2.29. The van der Waals surface area contributed by atoms with Gasteiger partial charge in [-0.15, -0.1) is 0 Å². The van der Waals surface area contributed by atoms with Crippen molar-refractivity contribution >= 4 is 23.4 Å². The van der Waals surface area contributed by atoms with Gasteiger partial charge in [0.25, 0.3) is 17.7 Å². The van der Waals surface area contributed by atoms with Crippen molar-refractivity contribution in [2.24, 2.45) is 5.73 Å².